The molecule has 0 saturated carbocycles. The highest BCUT2D eigenvalue weighted by Gasteiger charge is 2.19. The summed E-state index contributed by atoms with van der Waals surface area (Å²) in [5.41, 5.74) is 7.73. The van der Waals surface area contributed by atoms with Crippen molar-refractivity contribution in [3.8, 4) is 5.75 Å². The van der Waals surface area contributed by atoms with Gasteiger partial charge in [-0.15, -0.1) is 0 Å². The Morgan fingerprint density at radius 3 is 3.07 bits per heavy atom. The average molecular weight is 206 g/mol. The fourth-order valence-electron chi connectivity index (χ4n) is 1.74. The Morgan fingerprint density at radius 2 is 2.33 bits per heavy atom. The van der Waals surface area contributed by atoms with E-state index in [2.05, 4.69) is 5.32 Å². The van der Waals surface area contributed by atoms with Crippen LogP contribution < -0.4 is 15.8 Å². The van der Waals surface area contributed by atoms with Gasteiger partial charge in [-0.2, -0.15) is 0 Å². The van der Waals surface area contributed by atoms with Crippen LogP contribution in [0.15, 0.2) is 18.2 Å². The van der Waals surface area contributed by atoms with Gasteiger partial charge >= 0.3 is 0 Å². The number of hydrogen-bond acceptors (Lipinski definition) is 3. The molecule has 1 unspecified atom stereocenters. The second-order valence-corrected chi connectivity index (χ2v) is 3.65. The van der Waals surface area contributed by atoms with Crippen molar-refractivity contribution in [2.24, 2.45) is 5.73 Å². The lowest BCUT2D eigenvalue weighted by molar-refractivity contribution is -0.116. The monoisotopic (exact) mass is 206 g/mol. The van der Waals surface area contributed by atoms with Crippen molar-refractivity contribution >= 4 is 11.6 Å². The van der Waals surface area contributed by atoms with E-state index in [9.17, 15) is 4.79 Å². The van der Waals surface area contributed by atoms with Gasteiger partial charge in [0.1, 0.15) is 5.75 Å². The largest absolute Gasteiger partial charge is 0.497 e. The van der Waals surface area contributed by atoms with Gasteiger partial charge in [0.2, 0.25) is 5.91 Å². The van der Waals surface area contributed by atoms with Gasteiger partial charge in [0.15, 0.2) is 0 Å². The minimum atomic E-state index is -0.103. The van der Waals surface area contributed by atoms with Gasteiger partial charge < -0.3 is 15.8 Å². The van der Waals surface area contributed by atoms with E-state index in [0.29, 0.717) is 12.8 Å². The van der Waals surface area contributed by atoms with Crippen LogP contribution in [0.25, 0.3) is 0 Å². The number of fused-ring (bicyclic) bond motifs is 1. The number of nitrogens with two attached hydrogens (primary N) is 1. The maximum Gasteiger partial charge on any atom is 0.224 e. The quantitative estimate of drug-likeness (QED) is 0.730. The molecule has 4 heteroatoms. The number of hydrogen-bond donors (Lipinski definition) is 2. The maximum atomic E-state index is 11.3. The lowest BCUT2D eigenvalue weighted by atomic mass is 10.0. The summed E-state index contributed by atoms with van der Waals surface area (Å²) in [5, 5.41) is 2.83. The lowest BCUT2D eigenvalue weighted by Crippen LogP contribution is -2.09. The normalized spacial score (nSPS) is 20.1. The van der Waals surface area contributed by atoms with Crippen LogP contribution in [0.1, 0.15) is 24.4 Å². The zero-order chi connectivity index (χ0) is 10.8. The zero-order valence-corrected chi connectivity index (χ0v) is 8.62. The van der Waals surface area contributed by atoms with Crippen molar-refractivity contribution < 1.29 is 9.53 Å². The summed E-state index contributed by atoms with van der Waals surface area (Å²) < 4.78 is 5.13. The Hall–Kier alpha value is -1.55. The fourth-order valence-corrected chi connectivity index (χ4v) is 1.74. The Bertz CT molecular complexity index is 390. The molecule has 1 aromatic rings. The molecule has 0 bridgehead atoms. The summed E-state index contributed by atoms with van der Waals surface area (Å²) in [6.07, 6.45) is 1.14. The topological polar surface area (TPSA) is 64.3 Å². The molecule has 0 spiro atoms. The molecule has 0 aliphatic carbocycles. The summed E-state index contributed by atoms with van der Waals surface area (Å²) in [5.74, 6) is 0.787. The van der Waals surface area contributed by atoms with Gasteiger partial charge in [-0.1, -0.05) is 0 Å². The van der Waals surface area contributed by atoms with Gasteiger partial charge in [-0.05, 0) is 30.2 Å². The second-order valence-electron chi connectivity index (χ2n) is 3.65. The van der Waals surface area contributed by atoms with E-state index < -0.39 is 0 Å². The molecule has 0 saturated heterocycles. The molecule has 15 heavy (non-hydrogen) atoms. The SMILES string of the molecule is COc1ccc2c(c1)C(N)CCC(=O)N2. The first-order valence-electron chi connectivity index (χ1n) is 4.94. The zero-order valence-electron chi connectivity index (χ0n) is 8.62. The van der Waals surface area contributed by atoms with E-state index in [-0.39, 0.29) is 11.9 Å². The van der Waals surface area contributed by atoms with E-state index in [1.807, 2.05) is 18.2 Å². The second kappa shape index (κ2) is 3.90. The minimum absolute atomic E-state index is 0.0226. The molecular weight excluding hydrogens is 192 g/mol. The van der Waals surface area contributed by atoms with Gasteiger partial charge in [0.05, 0.1) is 7.11 Å². The van der Waals surface area contributed by atoms with Crippen LogP contribution in [0.2, 0.25) is 0 Å². The lowest BCUT2D eigenvalue weighted by Gasteiger charge is -2.13. The fraction of sp³-hybridized carbons (Fsp3) is 0.364. The number of nitrogens with one attached hydrogen (secondary N) is 1. The van der Waals surface area contributed by atoms with Crippen LogP contribution in [0.5, 0.6) is 5.75 Å². The molecule has 0 radical (unpaired) electrons. The van der Waals surface area contributed by atoms with E-state index in [1.54, 1.807) is 7.11 Å². The average Bonchev–Trinajstić information content (AvgIpc) is 2.39. The molecule has 0 aromatic heterocycles. The molecule has 2 rings (SSSR count). The third-order valence-corrected chi connectivity index (χ3v) is 2.61. The highest BCUT2D eigenvalue weighted by atomic mass is 16.5. The summed E-state index contributed by atoms with van der Waals surface area (Å²) in [6, 6.07) is 5.43. The predicted octanol–water partition coefficient (Wildman–Crippen LogP) is 1.43. The Morgan fingerprint density at radius 1 is 1.53 bits per heavy atom. The number of methoxy groups -OCH3 is 1. The first kappa shape index (κ1) is 9.98. The Labute approximate surface area is 88.4 Å². The number of carbonyl (C=O) groups excluding carboxylic acids is 1. The molecule has 1 heterocycles. The molecule has 1 aliphatic rings. The number of benzene rings is 1. The first-order chi connectivity index (χ1) is 7.20. The van der Waals surface area contributed by atoms with Crippen LogP contribution in [0.3, 0.4) is 0 Å². The van der Waals surface area contributed by atoms with E-state index in [1.165, 1.54) is 0 Å². The van der Waals surface area contributed by atoms with Crippen LogP contribution >= 0.6 is 0 Å². The standard InChI is InChI=1S/C11H14N2O2/c1-15-7-2-4-10-8(6-7)9(12)3-5-11(14)13-10/h2,4,6,9H,3,5,12H2,1H3,(H,13,14). The summed E-state index contributed by atoms with van der Waals surface area (Å²) >= 11 is 0. The Kier molecular flexibility index (Phi) is 2.60. The van der Waals surface area contributed by atoms with Crippen LogP contribution in [-0.4, -0.2) is 13.0 Å². The van der Waals surface area contributed by atoms with E-state index in [0.717, 1.165) is 17.0 Å². The third kappa shape index (κ3) is 1.94. The van der Waals surface area contributed by atoms with Gasteiger partial charge in [0, 0.05) is 18.2 Å². The Balaban J connectivity index is 2.43. The first-order valence-corrected chi connectivity index (χ1v) is 4.94. The van der Waals surface area contributed by atoms with Crippen LogP contribution in [0.4, 0.5) is 5.69 Å². The maximum absolute atomic E-state index is 11.3. The van der Waals surface area contributed by atoms with Crippen molar-refractivity contribution in [1.82, 2.24) is 0 Å². The third-order valence-electron chi connectivity index (χ3n) is 2.61. The number of ether oxygens (including phenoxy) is 1. The predicted molar refractivity (Wildman–Crippen MR) is 57.8 cm³/mol. The van der Waals surface area contributed by atoms with Gasteiger partial charge in [0.25, 0.3) is 0 Å². The molecule has 1 aromatic carbocycles. The molecule has 80 valence electrons. The number of amides is 1. The highest BCUT2D eigenvalue weighted by molar-refractivity contribution is 5.92. The molecular formula is C11H14N2O2. The molecule has 1 atom stereocenters. The minimum Gasteiger partial charge on any atom is -0.497 e. The summed E-state index contributed by atoms with van der Waals surface area (Å²) in [4.78, 5) is 11.3. The van der Waals surface area contributed by atoms with Crippen molar-refractivity contribution in [3.63, 3.8) is 0 Å². The summed E-state index contributed by atoms with van der Waals surface area (Å²) in [7, 11) is 1.61. The molecule has 1 aliphatic heterocycles. The number of rotatable bonds is 1. The van der Waals surface area contributed by atoms with Crippen molar-refractivity contribution in [2.45, 2.75) is 18.9 Å². The number of carbonyl (C=O) groups is 1. The van der Waals surface area contributed by atoms with Crippen LogP contribution in [0, 0.1) is 0 Å². The van der Waals surface area contributed by atoms with Crippen LogP contribution in [-0.2, 0) is 4.79 Å². The molecule has 3 N–H and O–H groups in total. The van der Waals surface area contributed by atoms with Gasteiger partial charge in [-0.25, -0.2) is 0 Å². The molecule has 1 amide bonds. The number of anilines is 1. The molecule has 0 fully saturated rings. The van der Waals surface area contributed by atoms with Gasteiger partial charge in [-0.3, -0.25) is 4.79 Å². The van der Waals surface area contributed by atoms with E-state index in [4.69, 9.17) is 10.5 Å². The smallest absolute Gasteiger partial charge is 0.224 e. The van der Waals surface area contributed by atoms with E-state index >= 15 is 0 Å². The van der Waals surface area contributed by atoms with Crippen molar-refractivity contribution in [3.05, 3.63) is 23.8 Å². The summed E-state index contributed by atoms with van der Waals surface area (Å²) in [6.45, 7) is 0. The highest BCUT2D eigenvalue weighted by Crippen LogP contribution is 2.31. The van der Waals surface area contributed by atoms with Crippen molar-refractivity contribution in [1.29, 1.82) is 0 Å². The molecule has 4 nitrogen and oxygen atoms in total. The van der Waals surface area contributed by atoms with Crippen molar-refractivity contribution in [2.75, 3.05) is 12.4 Å².